The van der Waals surface area contributed by atoms with Crippen LogP contribution in [0.2, 0.25) is 10.0 Å². The first-order chi connectivity index (χ1) is 39.2. The van der Waals surface area contributed by atoms with Gasteiger partial charge in [0.2, 0.25) is 47.6 Å². The minimum absolute atomic E-state index is 0.0431. The molecule has 3 N–H and O–H groups in total. The van der Waals surface area contributed by atoms with Crippen LogP contribution in [0.5, 0.6) is 17.2 Å². The smallest absolute Gasteiger partial charge is 0.339 e. The molecule has 0 amide bonds. The molecule has 11 aromatic rings. The Morgan fingerprint density at radius 2 is 1.00 bits per heavy atom. The molecule has 0 saturated heterocycles. The van der Waals surface area contributed by atoms with Crippen LogP contribution in [0.4, 0.5) is 42.6 Å². The van der Waals surface area contributed by atoms with Crippen molar-refractivity contribution in [1.82, 2.24) is 40.2 Å². The first-order valence-electron chi connectivity index (χ1n) is 22.7. The molecule has 11 rings (SSSR count). The lowest BCUT2D eigenvalue weighted by molar-refractivity contribution is 0.346. The summed E-state index contributed by atoms with van der Waals surface area (Å²) in [6.45, 7) is 0. The molecule has 7 aromatic carbocycles. The number of nitrogens with one attached hydrogen (secondary N) is 1. The number of nitrogens with zero attached hydrogens (tertiary/aromatic N) is 8. The molecule has 0 atom stereocenters. The highest BCUT2D eigenvalue weighted by Crippen LogP contribution is 2.41. The van der Waals surface area contributed by atoms with Crippen molar-refractivity contribution in [3.05, 3.63) is 185 Å². The normalized spacial score (nSPS) is 11.4. The van der Waals surface area contributed by atoms with E-state index < -0.39 is 71.5 Å². The number of methoxy groups -OCH3 is 2. The predicted octanol–water partition coefficient (Wildman–Crippen LogP) is 11.8. The summed E-state index contributed by atoms with van der Waals surface area (Å²) in [5.74, 6) is -14.8. The Bertz CT molecular complexity index is 4440. The van der Waals surface area contributed by atoms with Gasteiger partial charge in [-0.15, -0.1) is 0 Å². The van der Waals surface area contributed by atoms with E-state index in [2.05, 4.69) is 58.2 Å². The van der Waals surface area contributed by atoms with E-state index in [1.165, 1.54) is 63.3 Å². The zero-order valence-corrected chi connectivity index (χ0v) is 44.4. The average molecular weight is 1210 g/mol. The molecule has 0 aliphatic carbocycles. The molecule has 0 aliphatic rings. The first-order valence-corrected chi connectivity index (χ1v) is 26.4. The summed E-state index contributed by atoms with van der Waals surface area (Å²) >= 11 is 12.1. The van der Waals surface area contributed by atoms with Gasteiger partial charge in [0.15, 0.2) is 0 Å². The van der Waals surface area contributed by atoms with E-state index in [9.17, 15) is 38.8 Å². The van der Waals surface area contributed by atoms with Crippen LogP contribution < -0.4 is 24.1 Å². The molecule has 4 heterocycles. The highest BCUT2D eigenvalue weighted by molar-refractivity contribution is 7.92. The average Bonchev–Trinajstić information content (AvgIpc) is 3.81. The second-order valence-corrected chi connectivity index (χ2v) is 20.6. The lowest BCUT2D eigenvalue weighted by Crippen LogP contribution is -2.14. The summed E-state index contributed by atoms with van der Waals surface area (Å²) in [7, 11) is -6.31. The number of nitrogen functional groups attached to an aromatic ring is 1. The Balaban J connectivity index is 0.000000181. The van der Waals surface area contributed by atoms with Crippen LogP contribution in [-0.2, 0) is 20.1 Å². The van der Waals surface area contributed by atoms with Gasteiger partial charge in [0, 0.05) is 43.1 Å². The van der Waals surface area contributed by atoms with Gasteiger partial charge < -0.3 is 28.4 Å². The largest absolute Gasteiger partial charge is 0.496 e. The second-order valence-electron chi connectivity index (χ2n) is 16.5. The van der Waals surface area contributed by atoms with E-state index in [1.54, 1.807) is 54.6 Å². The van der Waals surface area contributed by atoms with Crippen LogP contribution in [0.25, 0.3) is 66.6 Å². The fourth-order valence-electron chi connectivity index (χ4n) is 7.78. The van der Waals surface area contributed by atoms with Crippen molar-refractivity contribution >= 4 is 77.0 Å². The zero-order chi connectivity index (χ0) is 58.6. The van der Waals surface area contributed by atoms with E-state index in [0.717, 1.165) is 30.9 Å². The highest BCUT2D eigenvalue weighted by atomic mass is 35.5. The van der Waals surface area contributed by atoms with E-state index >= 15 is 8.78 Å². The number of nitrogens with two attached hydrogens (primary N) is 1. The Hall–Kier alpha value is -9.51. The maximum absolute atomic E-state index is 15.3. The van der Waals surface area contributed by atoms with Gasteiger partial charge in [-0.3, -0.25) is 0 Å². The number of aromatic nitrogens is 8. The fraction of sp³-hybridized carbons (Fsp3) is 0.0385. The molecular weight excluding hydrogens is 1180 g/mol. The number of rotatable bonds is 12. The number of fused-ring (bicyclic) bond motifs is 2. The molecule has 30 heteroatoms. The van der Waals surface area contributed by atoms with Gasteiger partial charge in [-0.25, -0.2) is 55.0 Å². The van der Waals surface area contributed by atoms with Crippen molar-refractivity contribution in [2.45, 2.75) is 9.79 Å². The molecule has 0 saturated carbocycles. The summed E-state index contributed by atoms with van der Waals surface area (Å²) in [6.07, 6.45) is 4.49. The molecule has 0 fully saturated rings. The van der Waals surface area contributed by atoms with Crippen LogP contribution in [0, 0.1) is 40.7 Å². The third-order valence-corrected chi connectivity index (χ3v) is 14.5. The van der Waals surface area contributed by atoms with E-state index in [1.807, 2.05) is 0 Å². The summed E-state index contributed by atoms with van der Waals surface area (Å²) in [4.78, 5) is 22.9. The van der Waals surface area contributed by atoms with Gasteiger partial charge in [-0.05, 0) is 106 Å². The summed E-state index contributed by atoms with van der Waals surface area (Å²) in [6, 6.07) is 26.1. The number of benzene rings is 7. The van der Waals surface area contributed by atoms with Gasteiger partial charge in [-0.1, -0.05) is 47.5 Å². The van der Waals surface area contributed by atoms with Gasteiger partial charge in [-0.2, -0.15) is 27.2 Å². The Morgan fingerprint density at radius 1 is 0.524 bits per heavy atom. The van der Waals surface area contributed by atoms with Crippen LogP contribution in [0.15, 0.2) is 153 Å². The van der Waals surface area contributed by atoms with Crippen LogP contribution in [-0.4, -0.2) is 71.3 Å². The third kappa shape index (κ3) is 12.0. The standard InChI is InChI=1S/C27H13ClF6N2O4S.C23H15ClFN5O4S.C2H3N3O/c1-39-20-10-16(12-3-2-4-13(28)7-12)18(29)9-17(20)26-15-6-5-14(8-19(15)35-11-36-26)41(37,38)40-27-24(33)22(31)21(30)23(32)25(27)34;1-33-21-10-17(13-3-2-4-14(24)7-13)19(25)9-18(21)22-16-6-5-15(8-20(16)26-11-27-22)35(31,32)30-23-28-12-34-29-23;3-2-4-1-6-5-2/h2-11H,1H3;2-12H,1H3,(H,29,30);1H,(H2,3,5). The van der Waals surface area contributed by atoms with Crippen LogP contribution in [0.3, 0.4) is 0 Å². The molecule has 0 unspecified atom stereocenters. The van der Waals surface area contributed by atoms with Gasteiger partial charge in [0.1, 0.15) is 40.7 Å². The summed E-state index contributed by atoms with van der Waals surface area (Å²) < 4.78 is 176. The third-order valence-electron chi connectivity index (χ3n) is 11.5. The number of sulfonamides is 1. The lowest BCUT2D eigenvalue weighted by Gasteiger charge is -2.14. The first kappa shape index (κ1) is 57.2. The monoisotopic (exact) mass is 1210 g/mol. The van der Waals surface area contributed by atoms with Crippen molar-refractivity contribution in [2.75, 3.05) is 24.7 Å². The number of ether oxygens (including phenoxy) is 2. The second kappa shape index (κ2) is 23.7. The highest BCUT2D eigenvalue weighted by Gasteiger charge is 2.32. The summed E-state index contributed by atoms with van der Waals surface area (Å²) in [5, 5.41) is 8.23. The molecule has 82 heavy (non-hydrogen) atoms. The molecule has 19 nitrogen and oxygen atoms in total. The van der Waals surface area contributed by atoms with Crippen molar-refractivity contribution in [1.29, 1.82) is 0 Å². The zero-order valence-electron chi connectivity index (χ0n) is 41.2. The van der Waals surface area contributed by atoms with Crippen molar-refractivity contribution in [3.8, 4) is 62.0 Å². The summed E-state index contributed by atoms with van der Waals surface area (Å²) in [5.41, 5.74) is 7.88. The van der Waals surface area contributed by atoms with Gasteiger partial charge >= 0.3 is 10.1 Å². The molecule has 0 bridgehead atoms. The Labute approximate surface area is 467 Å². The minimum Gasteiger partial charge on any atom is -0.496 e. The van der Waals surface area contributed by atoms with E-state index in [-0.39, 0.29) is 50.3 Å². The molecule has 0 aliphatic heterocycles. The lowest BCUT2D eigenvalue weighted by atomic mass is 9.99. The Morgan fingerprint density at radius 3 is 1.44 bits per heavy atom. The topological polar surface area (TPSA) is 263 Å². The Kier molecular flexibility index (Phi) is 16.5. The SMILES string of the molecule is COc1cc(-c2cccc(Cl)c2)c(F)cc1-c1ncnc2cc(S(=O)(=O)Nc3ncon3)ccc12.COc1cc(-c2cccc(Cl)c2)c(F)cc1-c1ncnc2cc(S(=O)(=O)Oc3c(F)c(F)c(F)c(F)c3F)ccc12.Nc1ncon1. The van der Waals surface area contributed by atoms with Crippen molar-refractivity contribution < 1.29 is 70.3 Å². The molecule has 418 valence electrons. The van der Waals surface area contributed by atoms with Crippen LogP contribution >= 0.6 is 23.2 Å². The number of hydrogen-bond acceptors (Lipinski definition) is 18. The number of anilines is 2. The van der Waals surface area contributed by atoms with E-state index in [4.69, 9.17) is 38.4 Å². The quantitative estimate of drug-likeness (QED) is 0.0498. The maximum Gasteiger partial charge on any atom is 0.339 e. The molecule has 0 radical (unpaired) electrons. The van der Waals surface area contributed by atoms with Crippen LogP contribution in [0.1, 0.15) is 0 Å². The number of halogens is 9. The molecule has 0 spiro atoms. The van der Waals surface area contributed by atoms with Crippen molar-refractivity contribution in [3.63, 3.8) is 0 Å². The molecule has 4 aromatic heterocycles. The predicted molar refractivity (Wildman–Crippen MR) is 282 cm³/mol. The molecular formula is C52H31Cl2F7N10O9S2. The maximum atomic E-state index is 15.3. The minimum atomic E-state index is -5.12. The van der Waals surface area contributed by atoms with Crippen molar-refractivity contribution in [2.24, 2.45) is 0 Å². The van der Waals surface area contributed by atoms with Gasteiger partial charge in [0.25, 0.3) is 21.9 Å². The van der Waals surface area contributed by atoms with E-state index in [0.29, 0.717) is 54.6 Å². The fourth-order valence-corrected chi connectivity index (χ4v) is 10.1. The van der Waals surface area contributed by atoms with Gasteiger partial charge in [0.05, 0.1) is 41.5 Å². The number of hydrogen-bond donors (Lipinski definition) is 2.